The van der Waals surface area contributed by atoms with E-state index in [2.05, 4.69) is 20.2 Å². The van der Waals surface area contributed by atoms with Crippen molar-refractivity contribution in [3.05, 3.63) is 34.5 Å². The van der Waals surface area contributed by atoms with Crippen LogP contribution in [0.4, 0.5) is 24.0 Å². The fourth-order valence-electron chi connectivity index (χ4n) is 7.75. The van der Waals surface area contributed by atoms with Crippen LogP contribution in [0.25, 0.3) is 32.2 Å². The maximum absolute atomic E-state index is 17.2. The highest BCUT2D eigenvalue weighted by molar-refractivity contribution is 7.23. The van der Waals surface area contributed by atoms with E-state index >= 15 is 4.39 Å². The summed E-state index contributed by atoms with van der Waals surface area (Å²) in [7, 11) is 1.85. The lowest BCUT2D eigenvalue weighted by molar-refractivity contribution is 0.112. The zero-order valence-electron chi connectivity index (χ0n) is 24.7. The number of nitrogens with two attached hydrogens (primary N) is 1. The van der Waals surface area contributed by atoms with Crippen molar-refractivity contribution in [1.82, 2.24) is 25.2 Å². The van der Waals surface area contributed by atoms with Gasteiger partial charge >= 0.3 is 6.01 Å². The lowest BCUT2D eigenvalue weighted by Gasteiger charge is -2.37. The Morgan fingerprint density at radius 2 is 1.93 bits per heavy atom. The predicted octanol–water partition coefficient (Wildman–Crippen LogP) is 4.42. The maximum Gasteiger partial charge on any atom is 0.319 e. The minimum Gasteiger partial charge on any atom is -0.459 e. The fourth-order valence-corrected chi connectivity index (χ4v) is 8.67. The highest BCUT2D eigenvalue weighted by Crippen LogP contribution is 2.48. The first kappa shape index (κ1) is 28.7. The molecule has 2 bridgehead atoms. The van der Waals surface area contributed by atoms with Crippen molar-refractivity contribution in [2.24, 2.45) is 0 Å². The second-order valence-corrected chi connectivity index (χ2v) is 13.5. The van der Waals surface area contributed by atoms with Crippen LogP contribution in [0.2, 0.25) is 0 Å². The number of likely N-dealkylation sites (tertiary alicyclic amines) is 1. The molecule has 0 radical (unpaired) electrons. The minimum absolute atomic E-state index is 0.00272. The topological polar surface area (TPSA) is 125 Å². The van der Waals surface area contributed by atoms with Crippen LogP contribution in [0.1, 0.15) is 42.9 Å². The van der Waals surface area contributed by atoms with Crippen molar-refractivity contribution >= 4 is 43.1 Å². The number of piperazine rings is 1. The molecular weight excluding hydrogens is 605 g/mol. The molecule has 1 aromatic carbocycles. The van der Waals surface area contributed by atoms with Gasteiger partial charge < -0.3 is 25.4 Å². The number of aromatic nitrogens is 3. The van der Waals surface area contributed by atoms with Crippen molar-refractivity contribution < 1.29 is 22.6 Å². The molecule has 234 valence electrons. The summed E-state index contributed by atoms with van der Waals surface area (Å²) in [6.07, 6.45) is 1.85. The van der Waals surface area contributed by atoms with E-state index in [0.717, 1.165) is 49.0 Å². The van der Waals surface area contributed by atoms with Gasteiger partial charge in [-0.25, -0.2) is 13.2 Å². The molecule has 0 spiro atoms. The molecule has 3 unspecified atom stereocenters. The predicted molar refractivity (Wildman–Crippen MR) is 164 cm³/mol. The molecule has 0 saturated carbocycles. The van der Waals surface area contributed by atoms with Crippen LogP contribution in [0.3, 0.4) is 0 Å². The highest BCUT2D eigenvalue weighted by atomic mass is 32.1. The molecule has 0 aliphatic carbocycles. The molecule has 3 aromatic heterocycles. The molecule has 3 N–H and O–H groups in total. The monoisotopic (exact) mass is 636 g/mol. The first-order chi connectivity index (χ1) is 21.7. The average molecular weight is 637 g/mol. The number of pyridine rings is 1. The van der Waals surface area contributed by atoms with Crippen LogP contribution in [-0.4, -0.2) is 76.9 Å². The molecule has 10 nitrogen and oxygen atoms in total. The zero-order valence-corrected chi connectivity index (χ0v) is 25.6. The first-order valence-electron chi connectivity index (χ1n) is 15.1. The third-order valence-corrected chi connectivity index (χ3v) is 10.8. The van der Waals surface area contributed by atoms with Crippen LogP contribution in [0, 0.1) is 23.0 Å². The molecule has 3 fully saturated rings. The fraction of sp³-hybridized carbons (Fsp3) is 0.484. The summed E-state index contributed by atoms with van der Waals surface area (Å²) in [5.74, 6) is -0.744. The summed E-state index contributed by atoms with van der Waals surface area (Å²) in [5, 5.41) is 14.2. The van der Waals surface area contributed by atoms with Gasteiger partial charge in [0, 0.05) is 48.7 Å². The van der Waals surface area contributed by atoms with Gasteiger partial charge in [-0.1, -0.05) is 0 Å². The molecule has 0 amide bonds. The summed E-state index contributed by atoms with van der Waals surface area (Å²) in [5.41, 5.74) is 7.67. The lowest BCUT2D eigenvalue weighted by atomic mass is 9.93. The number of anilines is 2. The van der Waals surface area contributed by atoms with Gasteiger partial charge in [0.05, 0.1) is 40.8 Å². The Hall–Kier alpha value is -3.77. The lowest BCUT2D eigenvalue weighted by Crippen LogP contribution is -2.52. The third-order valence-electron chi connectivity index (χ3n) is 9.81. The van der Waals surface area contributed by atoms with Crippen molar-refractivity contribution in [3.63, 3.8) is 0 Å². The molecule has 7 heterocycles. The second-order valence-electron chi connectivity index (χ2n) is 12.4. The Labute approximate surface area is 260 Å². The Bertz CT molecular complexity index is 1900. The quantitative estimate of drug-likeness (QED) is 0.325. The van der Waals surface area contributed by atoms with Gasteiger partial charge in [-0.2, -0.15) is 15.2 Å². The van der Waals surface area contributed by atoms with Crippen LogP contribution in [0.15, 0.2) is 6.20 Å². The summed E-state index contributed by atoms with van der Waals surface area (Å²) in [6.45, 7) is 4.00. The number of nitrogens with zero attached hydrogens (tertiary/aromatic N) is 6. The highest BCUT2D eigenvalue weighted by Gasteiger charge is 2.41. The number of hydrogen-bond donors (Lipinski definition) is 2. The zero-order chi connectivity index (χ0) is 31.1. The number of thiophene rings is 1. The van der Waals surface area contributed by atoms with Gasteiger partial charge in [0.2, 0.25) is 0 Å². The third kappa shape index (κ3) is 4.35. The van der Waals surface area contributed by atoms with E-state index in [1.165, 1.54) is 0 Å². The van der Waals surface area contributed by atoms with Gasteiger partial charge in [-0.15, -0.1) is 11.3 Å². The van der Waals surface area contributed by atoms with Gasteiger partial charge in [-0.05, 0) is 44.4 Å². The second kappa shape index (κ2) is 10.7. The van der Waals surface area contributed by atoms with Crippen molar-refractivity contribution in [2.75, 3.05) is 37.3 Å². The van der Waals surface area contributed by atoms with Crippen LogP contribution in [0.5, 0.6) is 6.01 Å². The Balaban J connectivity index is 1.38. The van der Waals surface area contributed by atoms with Crippen molar-refractivity contribution in [3.8, 4) is 23.3 Å². The summed E-state index contributed by atoms with van der Waals surface area (Å²) in [4.78, 5) is 18.1. The van der Waals surface area contributed by atoms with Gasteiger partial charge in [-0.3, -0.25) is 9.88 Å². The SMILES string of the molecule is CC(Oc1nc(N2C3CCC2CNC3)c2c3c(c(-c4ncc(F)c5sc(N)c(C#N)c45)c(F)c2n1)COC3)[C@@H]1C[C@@H](F)CN1C. The minimum atomic E-state index is -0.956. The number of halogens is 3. The Morgan fingerprint density at radius 3 is 2.64 bits per heavy atom. The number of rotatable bonds is 5. The standard InChI is InChI=1S/C31H31F3N8O2S/c1-13(21-5-14(32)10-41(21)2)44-31-39-27-24(30(40-31)42-15-3-4-16(42)8-37-7-15)19-12-43-11-18(19)22(25(27)34)26-23-17(6-35)29(36)45-28(23)20(33)9-38-26/h9,13-16,21,37H,3-5,7-8,10-12,36H2,1-2H3/t13?,14-,15?,16?,21+/m1/s1. The van der Waals surface area contributed by atoms with Crippen molar-refractivity contribution in [2.45, 2.75) is 69.8 Å². The van der Waals surface area contributed by atoms with Gasteiger partial charge in [0.1, 0.15) is 34.7 Å². The van der Waals surface area contributed by atoms with E-state index in [1.54, 1.807) is 0 Å². The van der Waals surface area contributed by atoms with E-state index in [0.29, 0.717) is 29.7 Å². The van der Waals surface area contributed by atoms with E-state index in [4.69, 9.17) is 20.2 Å². The smallest absolute Gasteiger partial charge is 0.319 e. The van der Waals surface area contributed by atoms with Gasteiger partial charge in [0.15, 0.2) is 11.6 Å². The summed E-state index contributed by atoms with van der Waals surface area (Å²) >= 11 is 0.929. The number of benzene rings is 1. The number of likely N-dealkylation sites (N-methyl/N-ethyl adjacent to an activating group) is 1. The normalized spacial score (nSPS) is 25.3. The van der Waals surface area contributed by atoms with Crippen molar-refractivity contribution in [1.29, 1.82) is 5.26 Å². The van der Waals surface area contributed by atoms with E-state index in [-0.39, 0.29) is 74.8 Å². The molecule has 8 rings (SSSR count). The molecule has 4 aliphatic rings. The number of ether oxygens (including phenoxy) is 2. The number of hydrogen-bond acceptors (Lipinski definition) is 11. The first-order valence-corrected chi connectivity index (χ1v) is 16.0. The van der Waals surface area contributed by atoms with E-state index in [1.807, 2.05) is 24.9 Å². The largest absolute Gasteiger partial charge is 0.459 e. The number of nitriles is 1. The molecule has 4 aliphatic heterocycles. The van der Waals surface area contributed by atoms with Crippen LogP contribution < -0.4 is 20.7 Å². The molecular formula is C31H31F3N8O2S. The number of fused-ring (bicyclic) bond motifs is 6. The Kier molecular flexibility index (Phi) is 6.79. The van der Waals surface area contributed by atoms with Crippen LogP contribution >= 0.6 is 11.3 Å². The van der Waals surface area contributed by atoms with Crippen LogP contribution in [-0.2, 0) is 18.0 Å². The Morgan fingerprint density at radius 1 is 1.18 bits per heavy atom. The molecule has 14 heteroatoms. The van der Waals surface area contributed by atoms with E-state index in [9.17, 15) is 14.0 Å². The molecule has 4 aromatic rings. The van der Waals surface area contributed by atoms with Gasteiger partial charge in [0.25, 0.3) is 0 Å². The average Bonchev–Trinajstić information content (AvgIpc) is 3.77. The molecule has 5 atom stereocenters. The maximum atomic E-state index is 17.2. The number of nitrogen functional groups attached to an aromatic ring is 1. The molecule has 3 saturated heterocycles. The molecule has 45 heavy (non-hydrogen) atoms. The summed E-state index contributed by atoms with van der Waals surface area (Å²) in [6, 6.07) is 2.17. The number of alkyl halides is 1. The van der Waals surface area contributed by atoms with E-state index < -0.39 is 23.9 Å². The summed E-state index contributed by atoms with van der Waals surface area (Å²) < 4.78 is 58.8. The number of nitrogens with one attached hydrogen (secondary N) is 1.